The Hall–Kier alpha value is -1.72. The van der Waals surface area contributed by atoms with Crippen LogP contribution in [0.5, 0.6) is 0 Å². The van der Waals surface area contributed by atoms with Gasteiger partial charge in [-0.15, -0.1) is 11.3 Å². The van der Waals surface area contributed by atoms with Crippen LogP contribution >= 0.6 is 11.3 Å². The van der Waals surface area contributed by atoms with E-state index in [1.807, 2.05) is 35.4 Å². The summed E-state index contributed by atoms with van der Waals surface area (Å²) in [5, 5.41) is 2.04. The van der Waals surface area contributed by atoms with Crippen molar-refractivity contribution in [3.8, 4) is 10.6 Å². The number of piperazine rings is 1. The lowest BCUT2D eigenvalue weighted by Crippen LogP contribution is -2.49. The Bertz CT molecular complexity index is 689. The fourth-order valence-corrected chi connectivity index (χ4v) is 3.86. The summed E-state index contributed by atoms with van der Waals surface area (Å²) in [7, 11) is 0. The third-order valence-electron chi connectivity index (χ3n) is 4.37. The minimum Gasteiger partial charge on any atom is -0.336 e. The van der Waals surface area contributed by atoms with Gasteiger partial charge in [0.05, 0.1) is 21.8 Å². The Morgan fingerprint density at radius 3 is 2.54 bits per heavy atom. The molecular weight excluding hydrogens is 318 g/mol. The van der Waals surface area contributed by atoms with E-state index in [0.29, 0.717) is 5.92 Å². The highest BCUT2D eigenvalue weighted by Gasteiger charge is 2.24. The highest BCUT2D eigenvalue weighted by atomic mass is 32.1. The van der Waals surface area contributed by atoms with Crippen molar-refractivity contribution in [1.29, 1.82) is 0 Å². The summed E-state index contributed by atoms with van der Waals surface area (Å²) in [4.78, 5) is 23.0. The first-order valence-corrected chi connectivity index (χ1v) is 9.45. The number of carbonyl (C=O) groups excluding carboxylic acids is 1. The predicted octanol–water partition coefficient (Wildman–Crippen LogP) is 3.53. The first-order valence-electron chi connectivity index (χ1n) is 8.57. The van der Waals surface area contributed by atoms with E-state index in [2.05, 4.69) is 29.8 Å². The average molecular weight is 343 g/mol. The van der Waals surface area contributed by atoms with E-state index in [4.69, 9.17) is 0 Å². The van der Waals surface area contributed by atoms with Crippen molar-refractivity contribution in [2.24, 2.45) is 5.92 Å². The molecule has 128 valence electrons. The van der Waals surface area contributed by atoms with Gasteiger partial charge in [0, 0.05) is 32.7 Å². The van der Waals surface area contributed by atoms with Gasteiger partial charge in [0.25, 0.3) is 5.91 Å². The average Bonchev–Trinajstić information content (AvgIpc) is 3.09. The molecule has 0 aromatic carbocycles. The van der Waals surface area contributed by atoms with Crippen LogP contribution < -0.4 is 0 Å². The van der Waals surface area contributed by atoms with Gasteiger partial charge in [0.1, 0.15) is 0 Å². The second-order valence-corrected chi connectivity index (χ2v) is 7.74. The van der Waals surface area contributed by atoms with Gasteiger partial charge in [0.15, 0.2) is 0 Å². The molecule has 3 heterocycles. The zero-order valence-electron chi connectivity index (χ0n) is 14.7. The van der Waals surface area contributed by atoms with Gasteiger partial charge < -0.3 is 4.90 Å². The molecule has 1 amide bonds. The molecule has 0 aliphatic carbocycles. The maximum atomic E-state index is 12.8. The maximum Gasteiger partial charge on any atom is 0.255 e. The first kappa shape index (κ1) is 17.1. The van der Waals surface area contributed by atoms with Crippen LogP contribution in [-0.4, -0.2) is 53.4 Å². The van der Waals surface area contributed by atoms with Gasteiger partial charge in [-0.1, -0.05) is 19.9 Å². The molecule has 1 aliphatic heterocycles. The van der Waals surface area contributed by atoms with Crippen molar-refractivity contribution in [3.63, 3.8) is 0 Å². The fourth-order valence-electron chi connectivity index (χ4n) is 3.17. The Morgan fingerprint density at radius 1 is 1.21 bits per heavy atom. The van der Waals surface area contributed by atoms with Gasteiger partial charge in [-0.2, -0.15) is 0 Å². The van der Waals surface area contributed by atoms with Gasteiger partial charge >= 0.3 is 0 Å². The minimum atomic E-state index is 0.113. The van der Waals surface area contributed by atoms with Crippen molar-refractivity contribution >= 4 is 17.2 Å². The molecule has 0 atom stereocenters. The number of rotatable bonds is 4. The second kappa shape index (κ2) is 7.45. The minimum absolute atomic E-state index is 0.113. The van der Waals surface area contributed by atoms with Crippen molar-refractivity contribution in [3.05, 3.63) is 40.9 Å². The molecule has 2 aromatic heterocycles. The maximum absolute atomic E-state index is 12.8. The summed E-state index contributed by atoms with van der Waals surface area (Å²) >= 11 is 1.67. The number of carbonyl (C=O) groups is 1. The van der Waals surface area contributed by atoms with Crippen LogP contribution in [0.15, 0.2) is 29.6 Å². The van der Waals surface area contributed by atoms with Gasteiger partial charge in [0.2, 0.25) is 0 Å². The Kier molecular flexibility index (Phi) is 5.31. The van der Waals surface area contributed by atoms with Crippen LogP contribution in [0.2, 0.25) is 0 Å². The quantitative estimate of drug-likeness (QED) is 0.852. The highest BCUT2D eigenvalue weighted by molar-refractivity contribution is 7.13. The molecule has 0 radical (unpaired) electrons. The van der Waals surface area contributed by atoms with Gasteiger partial charge in [-0.3, -0.25) is 14.7 Å². The number of hydrogen-bond donors (Lipinski definition) is 0. The topological polar surface area (TPSA) is 36.4 Å². The molecule has 3 rings (SSSR count). The molecule has 0 spiro atoms. The molecule has 0 unspecified atom stereocenters. The number of thiophene rings is 1. The van der Waals surface area contributed by atoms with Crippen LogP contribution in [0.4, 0.5) is 0 Å². The summed E-state index contributed by atoms with van der Waals surface area (Å²) in [5.41, 5.74) is 2.49. The molecule has 4 nitrogen and oxygen atoms in total. The van der Waals surface area contributed by atoms with E-state index in [1.54, 1.807) is 11.3 Å². The van der Waals surface area contributed by atoms with Crippen LogP contribution in [-0.2, 0) is 0 Å². The number of pyridine rings is 1. The van der Waals surface area contributed by atoms with E-state index in [0.717, 1.165) is 54.6 Å². The SMILES string of the molecule is Cc1nc(-c2cccs2)ccc1C(=O)N1CCN(CC(C)C)CC1. The Morgan fingerprint density at radius 2 is 1.96 bits per heavy atom. The van der Waals surface area contributed by atoms with Crippen molar-refractivity contribution in [2.45, 2.75) is 20.8 Å². The Balaban J connectivity index is 1.67. The van der Waals surface area contributed by atoms with Crippen molar-refractivity contribution in [1.82, 2.24) is 14.8 Å². The first-order chi connectivity index (χ1) is 11.5. The monoisotopic (exact) mass is 343 g/mol. The van der Waals surface area contributed by atoms with Crippen LogP contribution in [0.25, 0.3) is 10.6 Å². The van der Waals surface area contributed by atoms with Gasteiger partial charge in [-0.25, -0.2) is 0 Å². The standard InChI is InChI=1S/C19H25N3OS/c1-14(2)13-21-8-10-22(11-9-21)19(23)16-6-7-17(20-15(16)3)18-5-4-12-24-18/h4-7,12,14H,8-11,13H2,1-3H3. The lowest BCUT2D eigenvalue weighted by molar-refractivity contribution is 0.0622. The molecule has 0 saturated carbocycles. The Labute approximate surface area is 148 Å². The second-order valence-electron chi connectivity index (χ2n) is 6.79. The van der Waals surface area contributed by atoms with E-state index >= 15 is 0 Å². The molecule has 1 saturated heterocycles. The lowest BCUT2D eigenvalue weighted by atomic mass is 10.1. The summed E-state index contributed by atoms with van der Waals surface area (Å²) in [5.74, 6) is 0.783. The molecule has 1 aliphatic rings. The molecule has 2 aromatic rings. The zero-order valence-corrected chi connectivity index (χ0v) is 15.5. The van der Waals surface area contributed by atoms with Crippen molar-refractivity contribution in [2.75, 3.05) is 32.7 Å². The third-order valence-corrected chi connectivity index (χ3v) is 5.27. The van der Waals surface area contributed by atoms with Crippen molar-refractivity contribution < 1.29 is 4.79 Å². The lowest BCUT2D eigenvalue weighted by Gasteiger charge is -2.35. The zero-order chi connectivity index (χ0) is 17.1. The largest absolute Gasteiger partial charge is 0.336 e. The smallest absolute Gasteiger partial charge is 0.255 e. The van der Waals surface area contributed by atoms with Gasteiger partial charge in [-0.05, 0) is 36.4 Å². The molecule has 24 heavy (non-hydrogen) atoms. The van der Waals surface area contributed by atoms with E-state index in [1.165, 1.54) is 0 Å². The molecule has 0 N–H and O–H groups in total. The summed E-state index contributed by atoms with van der Waals surface area (Å²) in [6, 6.07) is 7.97. The van der Waals surface area contributed by atoms with Crippen LogP contribution in [0, 0.1) is 12.8 Å². The molecule has 1 fully saturated rings. The van der Waals surface area contributed by atoms with E-state index in [-0.39, 0.29) is 5.91 Å². The molecular formula is C19H25N3OS. The molecule has 0 bridgehead atoms. The fraction of sp³-hybridized carbons (Fsp3) is 0.474. The van der Waals surface area contributed by atoms with Crippen LogP contribution in [0.1, 0.15) is 29.9 Å². The van der Waals surface area contributed by atoms with E-state index < -0.39 is 0 Å². The third kappa shape index (κ3) is 3.84. The van der Waals surface area contributed by atoms with E-state index in [9.17, 15) is 4.79 Å². The highest BCUT2D eigenvalue weighted by Crippen LogP contribution is 2.24. The number of hydrogen-bond acceptors (Lipinski definition) is 4. The number of aromatic nitrogens is 1. The predicted molar refractivity (Wildman–Crippen MR) is 99.5 cm³/mol. The summed E-state index contributed by atoms with van der Waals surface area (Å²) in [6.45, 7) is 11.0. The summed E-state index contributed by atoms with van der Waals surface area (Å²) < 4.78 is 0. The summed E-state index contributed by atoms with van der Waals surface area (Å²) in [6.07, 6.45) is 0. The molecule has 5 heteroatoms. The number of aryl methyl sites for hydroxylation is 1. The number of amides is 1. The number of nitrogens with zero attached hydrogens (tertiary/aromatic N) is 3. The normalized spacial score (nSPS) is 15.9. The van der Waals surface area contributed by atoms with Crippen LogP contribution in [0.3, 0.4) is 0 Å².